The number of carbonyl (C=O) groups excluding carboxylic acids is 1. The van der Waals surface area contributed by atoms with Crippen LogP contribution in [0.2, 0.25) is 0 Å². The fraction of sp³-hybridized carbons (Fsp3) is 0.750. The highest BCUT2D eigenvalue weighted by Crippen LogP contribution is 2.28. The molecule has 18 heavy (non-hydrogen) atoms. The number of Topliss-reactive ketones (excluding diaryl/α,β-unsaturated/α-hetero) is 1. The van der Waals surface area contributed by atoms with Gasteiger partial charge in [-0.1, -0.05) is 6.92 Å². The molecule has 0 aliphatic rings. The van der Waals surface area contributed by atoms with Crippen LogP contribution in [0.25, 0.3) is 0 Å². The molecule has 0 amide bonds. The van der Waals surface area contributed by atoms with Crippen LogP contribution in [0.3, 0.4) is 0 Å². The van der Waals surface area contributed by atoms with Gasteiger partial charge >= 0.3 is 0 Å². The Hall–Kier alpha value is -0.160. The molecule has 0 atom stereocenters. The first-order valence-corrected chi connectivity index (χ1v) is 8.89. The third-order valence-electron chi connectivity index (χ3n) is 1.62. The fourth-order valence-corrected chi connectivity index (χ4v) is 2.76. The topological polar surface area (TPSA) is 104 Å². The summed E-state index contributed by atoms with van der Waals surface area (Å²) in [6.07, 6.45) is 0.916. The standard InChI is InChI=1S/C8H15O7S3/c1-4-7(9)5-8(6-16,14-17(2,10)11)15-18(3,12)13/h6,16H,4-5H2,1-3H3. The van der Waals surface area contributed by atoms with Crippen LogP contribution >= 0.6 is 12.6 Å². The van der Waals surface area contributed by atoms with Crippen LogP contribution in [0.15, 0.2) is 0 Å². The van der Waals surface area contributed by atoms with E-state index in [2.05, 4.69) is 21.0 Å². The lowest BCUT2D eigenvalue weighted by molar-refractivity contribution is -0.131. The second kappa shape index (κ2) is 6.33. The van der Waals surface area contributed by atoms with E-state index in [1.807, 2.05) is 0 Å². The van der Waals surface area contributed by atoms with Gasteiger partial charge in [0.15, 0.2) is 0 Å². The fourth-order valence-electron chi connectivity index (χ4n) is 1.07. The van der Waals surface area contributed by atoms with Crippen LogP contribution in [0, 0.1) is 5.75 Å². The Balaban J connectivity index is 5.39. The Morgan fingerprint density at radius 3 is 1.78 bits per heavy atom. The lowest BCUT2D eigenvalue weighted by Gasteiger charge is -2.28. The summed E-state index contributed by atoms with van der Waals surface area (Å²) in [7, 11) is -8.08. The average molecular weight is 319 g/mol. The van der Waals surface area contributed by atoms with Crippen LogP contribution in [-0.4, -0.2) is 40.9 Å². The first-order valence-electron chi connectivity index (χ1n) is 4.74. The van der Waals surface area contributed by atoms with E-state index < -0.39 is 38.2 Å². The molecule has 7 nitrogen and oxygen atoms in total. The van der Waals surface area contributed by atoms with E-state index in [0.29, 0.717) is 12.5 Å². The first-order chi connectivity index (χ1) is 7.93. The molecule has 1 radical (unpaired) electrons. The van der Waals surface area contributed by atoms with Gasteiger partial charge in [0.1, 0.15) is 5.78 Å². The molecule has 0 N–H and O–H groups in total. The minimum atomic E-state index is -4.04. The molecule has 0 aromatic heterocycles. The van der Waals surface area contributed by atoms with E-state index in [1.165, 1.54) is 6.92 Å². The minimum Gasteiger partial charge on any atom is -0.300 e. The number of hydrogen-bond acceptors (Lipinski definition) is 8. The van der Waals surface area contributed by atoms with E-state index in [0.717, 1.165) is 5.75 Å². The molecule has 0 unspecified atom stereocenters. The van der Waals surface area contributed by atoms with Crippen LogP contribution in [0.4, 0.5) is 0 Å². The van der Waals surface area contributed by atoms with Gasteiger partial charge in [-0.3, -0.25) is 4.79 Å². The molecule has 0 rings (SSSR count). The number of ketones is 1. The smallest absolute Gasteiger partial charge is 0.267 e. The molecule has 0 aromatic rings. The Morgan fingerprint density at radius 1 is 1.17 bits per heavy atom. The zero-order valence-electron chi connectivity index (χ0n) is 10.1. The molecular formula is C8H15O7S3. The van der Waals surface area contributed by atoms with Crippen LogP contribution in [-0.2, 0) is 33.4 Å². The van der Waals surface area contributed by atoms with E-state index in [1.54, 1.807) is 0 Å². The van der Waals surface area contributed by atoms with E-state index in [-0.39, 0.29) is 6.42 Å². The molecule has 0 heterocycles. The highest BCUT2D eigenvalue weighted by Gasteiger charge is 2.41. The van der Waals surface area contributed by atoms with E-state index in [4.69, 9.17) is 0 Å². The van der Waals surface area contributed by atoms with Crippen molar-refractivity contribution in [3.63, 3.8) is 0 Å². The maximum Gasteiger partial charge on any atom is 0.267 e. The Labute approximate surface area is 113 Å². The number of hydrogen-bond donors (Lipinski definition) is 1. The van der Waals surface area contributed by atoms with Gasteiger partial charge in [0, 0.05) is 6.42 Å². The number of thiol groups is 1. The highest BCUT2D eigenvalue weighted by atomic mass is 32.2. The second-order valence-electron chi connectivity index (χ2n) is 3.58. The van der Waals surface area contributed by atoms with Crippen molar-refractivity contribution in [2.24, 2.45) is 0 Å². The Bertz CT molecular complexity index is 457. The summed E-state index contributed by atoms with van der Waals surface area (Å²) < 4.78 is 53.5. The molecule has 0 spiro atoms. The summed E-state index contributed by atoms with van der Waals surface area (Å²) >= 11 is 3.68. The zero-order valence-corrected chi connectivity index (χ0v) is 12.6. The van der Waals surface area contributed by atoms with Gasteiger partial charge in [0.2, 0.25) is 5.79 Å². The summed E-state index contributed by atoms with van der Waals surface area (Å²) in [5, 5.41) is 0. The van der Waals surface area contributed by atoms with Crippen molar-refractivity contribution in [2.45, 2.75) is 25.6 Å². The molecule has 0 bridgehead atoms. The van der Waals surface area contributed by atoms with Crippen molar-refractivity contribution >= 4 is 38.6 Å². The Kier molecular flexibility index (Phi) is 6.27. The normalized spacial score (nSPS) is 13.6. The number of carbonyl (C=O) groups is 1. The molecule has 0 aliphatic heterocycles. The molecule has 0 aromatic carbocycles. The van der Waals surface area contributed by atoms with Crippen molar-refractivity contribution in [2.75, 3.05) is 12.5 Å². The molecule has 0 saturated heterocycles. The lowest BCUT2D eigenvalue weighted by atomic mass is 10.1. The molecule has 0 fully saturated rings. The summed E-state index contributed by atoms with van der Waals surface area (Å²) in [5.41, 5.74) is 0. The third-order valence-corrected chi connectivity index (χ3v) is 3.18. The maximum absolute atomic E-state index is 11.4. The summed E-state index contributed by atoms with van der Waals surface area (Å²) in [6, 6.07) is 0. The zero-order chi connectivity index (χ0) is 14.6. The molecule has 0 aliphatic carbocycles. The van der Waals surface area contributed by atoms with Gasteiger partial charge in [-0.15, -0.1) is 0 Å². The Morgan fingerprint density at radius 2 is 1.56 bits per heavy atom. The maximum atomic E-state index is 11.4. The van der Waals surface area contributed by atoms with Gasteiger partial charge in [0.05, 0.1) is 24.7 Å². The van der Waals surface area contributed by atoms with Gasteiger partial charge in [-0.2, -0.15) is 29.5 Å². The summed E-state index contributed by atoms with van der Waals surface area (Å²) in [6.45, 7) is 1.53. The highest BCUT2D eigenvalue weighted by molar-refractivity contribution is 7.87. The predicted octanol–water partition coefficient (Wildman–Crippen LogP) is 0.0959. The minimum absolute atomic E-state index is 0.0730. The van der Waals surface area contributed by atoms with Gasteiger partial charge in [0.25, 0.3) is 20.2 Å². The first kappa shape index (κ1) is 17.8. The number of rotatable bonds is 8. The SMILES string of the molecule is CCC(=O)CC([CH]S)(OS(C)(=O)=O)OS(C)(=O)=O. The monoisotopic (exact) mass is 319 g/mol. The largest absolute Gasteiger partial charge is 0.300 e. The van der Waals surface area contributed by atoms with Crippen molar-refractivity contribution in [1.29, 1.82) is 0 Å². The quantitative estimate of drug-likeness (QED) is 0.384. The van der Waals surface area contributed by atoms with E-state index >= 15 is 0 Å². The second-order valence-corrected chi connectivity index (χ2v) is 6.99. The van der Waals surface area contributed by atoms with E-state index in [9.17, 15) is 21.6 Å². The third kappa shape index (κ3) is 7.31. The molecule has 0 saturated carbocycles. The average Bonchev–Trinajstić information content (AvgIpc) is 2.12. The van der Waals surface area contributed by atoms with Crippen molar-refractivity contribution in [3.8, 4) is 0 Å². The van der Waals surface area contributed by atoms with Gasteiger partial charge < -0.3 is 0 Å². The molecular weight excluding hydrogens is 304 g/mol. The van der Waals surface area contributed by atoms with Crippen molar-refractivity contribution in [1.82, 2.24) is 0 Å². The molecule has 10 heteroatoms. The van der Waals surface area contributed by atoms with Gasteiger partial charge in [-0.25, -0.2) is 8.37 Å². The van der Waals surface area contributed by atoms with Crippen LogP contribution in [0.5, 0.6) is 0 Å². The van der Waals surface area contributed by atoms with Gasteiger partial charge in [-0.05, 0) is 0 Å². The molecule has 107 valence electrons. The summed E-state index contributed by atoms with van der Waals surface area (Å²) in [5.74, 6) is -1.91. The lowest BCUT2D eigenvalue weighted by Crippen LogP contribution is -2.41. The van der Waals surface area contributed by atoms with Crippen molar-refractivity contribution in [3.05, 3.63) is 5.75 Å². The van der Waals surface area contributed by atoms with Crippen LogP contribution in [0.1, 0.15) is 19.8 Å². The van der Waals surface area contributed by atoms with Crippen molar-refractivity contribution < 1.29 is 30.0 Å². The van der Waals surface area contributed by atoms with Crippen LogP contribution < -0.4 is 0 Å². The predicted molar refractivity (Wildman–Crippen MR) is 67.8 cm³/mol. The summed E-state index contributed by atoms with van der Waals surface area (Å²) in [4.78, 5) is 11.4.